The number of alkyl halides is 6. The van der Waals surface area contributed by atoms with Gasteiger partial charge in [-0.3, -0.25) is 5.10 Å². The van der Waals surface area contributed by atoms with Gasteiger partial charge in [0.05, 0.1) is 51.2 Å². The molecule has 0 spiro atoms. The van der Waals surface area contributed by atoms with E-state index in [1.807, 2.05) is 0 Å². The van der Waals surface area contributed by atoms with Crippen molar-refractivity contribution in [2.45, 2.75) is 12.4 Å². The van der Waals surface area contributed by atoms with Crippen molar-refractivity contribution in [3.63, 3.8) is 0 Å². The first-order chi connectivity index (χ1) is 14.4. The van der Waals surface area contributed by atoms with Crippen LogP contribution in [0.15, 0.2) is 30.3 Å². The number of halogens is 8. The number of hydrogen-bond donors (Lipinski definition) is 1. The average molecular weight is 480 g/mol. The molecule has 12 heteroatoms. The lowest BCUT2D eigenvalue weighted by molar-refractivity contribution is -0.138. The Morgan fingerprint density at radius 3 is 2.06 bits per heavy atom. The molecule has 0 atom stereocenters. The van der Waals surface area contributed by atoms with Crippen molar-refractivity contribution in [3.8, 4) is 34.3 Å². The Hall–Kier alpha value is -2.90. The summed E-state index contributed by atoms with van der Waals surface area (Å²) in [4.78, 5) is 0. The summed E-state index contributed by atoms with van der Waals surface area (Å²) in [7, 11) is 1.23. The van der Waals surface area contributed by atoms with Crippen LogP contribution < -0.4 is 4.74 Å². The molecule has 1 N–H and O–H groups in total. The molecular weight excluding hydrogens is 471 g/mol. The number of nitrogens with zero attached hydrogens (tertiary/aromatic N) is 2. The van der Waals surface area contributed by atoms with Gasteiger partial charge < -0.3 is 4.74 Å². The minimum atomic E-state index is -4.75. The van der Waals surface area contributed by atoms with Crippen LogP contribution in [0.3, 0.4) is 0 Å². The Labute approximate surface area is 181 Å². The Morgan fingerprint density at radius 2 is 1.58 bits per heavy atom. The Kier molecular flexibility index (Phi) is 5.86. The van der Waals surface area contributed by atoms with Crippen molar-refractivity contribution in [2.24, 2.45) is 0 Å². The monoisotopic (exact) mass is 479 g/mol. The zero-order valence-electron chi connectivity index (χ0n) is 15.2. The van der Waals surface area contributed by atoms with Gasteiger partial charge in [0.25, 0.3) is 0 Å². The second kappa shape index (κ2) is 7.98. The number of hydrogen-bond acceptors (Lipinski definition) is 3. The van der Waals surface area contributed by atoms with Crippen molar-refractivity contribution in [3.05, 3.63) is 57.1 Å². The largest absolute Gasteiger partial charge is 0.479 e. The molecule has 0 aliphatic heterocycles. The highest BCUT2D eigenvalue weighted by molar-refractivity contribution is 6.39. The van der Waals surface area contributed by atoms with Crippen LogP contribution in [0.5, 0.6) is 5.88 Å². The summed E-state index contributed by atoms with van der Waals surface area (Å²) >= 11 is 12.2. The van der Waals surface area contributed by atoms with E-state index in [0.717, 1.165) is 12.1 Å². The molecule has 0 saturated heterocycles. The van der Waals surface area contributed by atoms with Gasteiger partial charge in [-0.05, 0) is 24.3 Å². The van der Waals surface area contributed by atoms with E-state index in [4.69, 9.17) is 33.2 Å². The summed E-state index contributed by atoms with van der Waals surface area (Å²) in [6.45, 7) is 0. The molecule has 3 aromatic rings. The van der Waals surface area contributed by atoms with Gasteiger partial charge in [-0.1, -0.05) is 29.3 Å². The van der Waals surface area contributed by atoms with E-state index in [1.165, 1.54) is 13.2 Å². The third-order valence-electron chi connectivity index (χ3n) is 4.28. The number of methoxy groups -OCH3 is 1. The van der Waals surface area contributed by atoms with Crippen LogP contribution >= 0.6 is 23.2 Å². The normalized spacial score (nSPS) is 12.0. The van der Waals surface area contributed by atoms with Gasteiger partial charge in [0.2, 0.25) is 5.88 Å². The lowest BCUT2D eigenvalue weighted by Crippen LogP contribution is -2.07. The predicted molar refractivity (Wildman–Crippen MR) is 101 cm³/mol. The Morgan fingerprint density at radius 1 is 0.968 bits per heavy atom. The minimum Gasteiger partial charge on any atom is -0.479 e. The molecule has 1 aromatic heterocycles. The fraction of sp³-hybridized carbons (Fsp3) is 0.158. The lowest BCUT2D eigenvalue weighted by Gasteiger charge is -2.14. The smallest absolute Gasteiger partial charge is 0.417 e. The van der Waals surface area contributed by atoms with Gasteiger partial charge in [0.15, 0.2) is 0 Å². The van der Waals surface area contributed by atoms with E-state index in [-0.39, 0.29) is 38.3 Å². The summed E-state index contributed by atoms with van der Waals surface area (Å²) < 4.78 is 83.5. The molecule has 3 rings (SSSR count). The van der Waals surface area contributed by atoms with Crippen molar-refractivity contribution in [1.29, 1.82) is 5.26 Å². The zero-order valence-corrected chi connectivity index (χ0v) is 16.7. The van der Waals surface area contributed by atoms with E-state index in [2.05, 4.69) is 10.2 Å². The molecule has 0 aliphatic rings. The highest BCUT2D eigenvalue weighted by atomic mass is 35.5. The third kappa shape index (κ3) is 4.29. The molecule has 0 radical (unpaired) electrons. The van der Waals surface area contributed by atoms with Gasteiger partial charge in [-0.25, -0.2) is 0 Å². The van der Waals surface area contributed by atoms with E-state index < -0.39 is 29.0 Å². The number of H-pyrrole nitrogens is 1. The van der Waals surface area contributed by atoms with E-state index in [9.17, 15) is 26.3 Å². The van der Waals surface area contributed by atoms with Gasteiger partial charge in [0.1, 0.15) is 0 Å². The second-order valence-corrected chi connectivity index (χ2v) is 6.98. The minimum absolute atomic E-state index is 0.0230. The summed E-state index contributed by atoms with van der Waals surface area (Å²) in [6, 6.07) is 5.54. The summed E-state index contributed by atoms with van der Waals surface area (Å²) in [5.74, 6) is -0.114. The number of aromatic amines is 1. The van der Waals surface area contributed by atoms with Crippen LogP contribution in [-0.4, -0.2) is 17.3 Å². The third-order valence-corrected chi connectivity index (χ3v) is 4.88. The number of rotatable bonds is 3. The predicted octanol–water partition coefficient (Wildman–Crippen LogP) is 6.97. The molecule has 162 valence electrons. The number of nitriles is 1. The fourth-order valence-corrected chi connectivity index (χ4v) is 3.61. The first-order valence-corrected chi connectivity index (χ1v) is 8.94. The van der Waals surface area contributed by atoms with E-state index in [1.54, 1.807) is 0 Å². The molecule has 2 aromatic carbocycles. The molecule has 0 amide bonds. The topological polar surface area (TPSA) is 61.7 Å². The van der Waals surface area contributed by atoms with E-state index in [0.29, 0.717) is 18.2 Å². The van der Waals surface area contributed by atoms with Crippen LogP contribution in [0.1, 0.15) is 16.7 Å². The van der Waals surface area contributed by atoms with Crippen molar-refractivity contribution in [1.82, 2.24) is 10.2 Å². The standard InChI is InChI=1S/C19H9Cl2F6N3O/c1-31-17-15(14-12(20)5-10(6-13(14)21)18(22,23)24)16(29-30-17)8-2-3-11(19(25,26)27)9(4-8)7-28/h2-6H,1H3,(H,29,30). The quantitative estimate of drug-likeness (QED) is 0.412. The van der Waals surface area contributed by atoms with Crippen molar-refractivity contribution >= 4 is 23.2 Å². The maximum atomic E-state index is 13.1. The van der Waals surface area contributed by atoms with Crippen LogP contribution in [0.2, 0.25) is 10.0 Å². The molecule has 0 saturated carbocycles. The van der Waals surface area contributed by atoms with Crippen molar-refractivity contribution < 1.29 is 31.1 Å². The zero-order chi connectivity index (χ0) is 23.1. The van der Waals surface area contributed by atoms with Crippen LogP contribution in [0, 0.1) is 11.3 Å². The number of nitrogens with one attached hydrogen (secondary N) is 1. The van der Waals surface area contributed by atoms with Crippen LogP contribution in [-0.2, 0) is 12.4 Å². The first kappa shape index (κ1) is 22.8. The first-order valence-electron chi connectivity index (χ1n) is 8.19. The van der Waals surface area contributed by atoms with Crippen LogP contribution in [0.25, 0.3) is 22.4 Å². The fourth-order valence-electron chi connectivity index (χ4n) is 2.93. The molecule has 0 bridgehead atoms. The van der Waals surface area contributed by atoms with Gasteiger partial charge >= 0.3 is 12.4 Å². The molecule has 0 aliphatic carbocycles. The molecular formula is C19H9Cl2F6N3O. The van der Waals surface area contributed by atoms with E-state index >= 15 is 0 Å². The summed E-state index contributed by atoms with van der Waals surface area (Å²) in [5.41, 5.74) is -2.80. The van der Waals surface area contributed by atoms with Gasteiger partial charge in [-0.2, -0.15) is 31.6 Å². The number of ether oxygens (including phenoxy) is 1. The highest BCUT2D eigenvalue weighted by Crippen LogP contribution is 2.47. The molecule has 1 heterocycles. The Bertz CT molecular complexity index is 1170. The molecule has 0 fully saturated rings. The highest BCUT2D eigenvalue weighted by Gasteiger charge is 2.35. The van der Waals surface area contributed by atoms with Crippen molar-refractivity contribution in [2.75, 3.05) is 7.11 Å². The SMILES string of the molecule is COc1n[nH]c(-c2ccc(C(F)(F)F)c(C#N)c2)c1-c1c(Cl)cc(C(F)(F)F)cc1Cl. The second-order valence-electron chi connectivity index (χ2n) is 6.17. The average Bonchev–Trinajstić information content (AvgIpc) is 3.09. The number of benzene rings is 2. The van der Waals surface area contributed by atoms with Gasteiger partial charge in [-0.15, -0.1) is 5.10 Å². The molecule has 4 nitrogen and oxygen atoms in total. The van der Waals surface area contributed by atoms with Crippen LogP contribution in [0.4, 0.5) is 26.3 Å². The van der Waals surface area contributed by atoms with Gasteiger partial charge in [0, 0.05) is 11.1 Å². The summed E-state index contributed by atoms with van der Waals surface area (Å²) in [5, 5.41) is 14.8. The number of aromatic nitrogens is 2. The lowest BCUT2D eigenvalue weighted by atomic mass is 9.97. The maximum Gasteiger partial charge on any atom is 0.417 e. The maximum absolute atomic E-state index is 13.1. The molecule has 0 unspecified atom stereocenters. The summed E-state index contributed by atoms with van der Waals surface area (Å²) in [6.07, 6.45) is -9.46. The molecule has 31 heavy (non-hydrogen) atoms. The Balaban J connectivity index is 2.26.